The van der Waals surface area contributed by atoms with Crippen LogP contribution in [0.15, 0.2) is 23.3 Å². The SMILES string of the molecule is CN=C(NCCCNC(=O)C1CCC1)N(C)Cc1cccn1C.I. The zero-order chi connectivity index (χ0) is 16.7. The summed E-state index contributed by atoms with van der Waals surface area (Å²) in [6.45, 7) is 2.33. The molecule has 1 aliphatic rings. The number of hydrogen-bond donors (Lipinski definition) is 2. The fraction of sp³-hybridized carbons (Fsp3) is 0.647. The molecule has 0 saturated heterocycles. The molecule has 6 nitrogen and oxygen atoms in total. The number of nitrogens with zero attached hydrogens (tertiary/aromatic N) is 3. The van der Waals surface area contributed by atoms with E-state index in [1.807, 2.05) is 26.4 Å². The predicted octanol–water partition coefficient (Wildman–Crippen LogP) is 1.96. The van der Waals surface area contributed by atoms with Gasteiger partial charge in [-0.3, -0.25) is 9.79 Å². The van der Waals surface area contributed by atoms with Crippen molar-refractivity contribution < 1.29 is 4.79 Å². The molecule has 1 amide bonds. The third-order valence-corrected chi connectivity index (χ3v) is 4.44. The number of aromatic nitrogens is 1. The number of guanidine groups is 1. The number of carbonyl (C=O) groups is 1. The Labute approximate surface area is 162 Å². The van der Waals surface area contributed by atoms with Gasteiger partial charge in [-0.05, 0) is 31.4 Å². The smallest absolute Gasteiger partial charge is 0.223 e. The lowest BCUT2D eigenvalue weighted by Gasteiger charge is -2.24. The average Bonchev–Trinajstić information content (AvgIpc) is 2.86. The molecule has 1 saturated carbocycles. The van der Waals surface area contributed by atoms with E-state index in [0.717, 1.165) is 44.9 Å². The molecule has 136 valence electrons. The normalized spacial score (nSPS) is 14.5. The summed E-state index contributed by atoms with van der Waals surface area (Å²) in [6, 6.07) is 4.16. The summed E-state index contributed by atoms with van der Waals surface area (Å²) in [5, 5.41) is 6.36. The highest BCUT2D eigenvalue weighted by molar-refractivity contribution is 14.0. The number of amides is 1. The maximum absolute atomic E-state index is 11.7. The van der Waals surface area contributed by atoms with Crippen LogP contribution in [-0.4, -0.2) is 48.5 Å². The summed E-state index contributed by atoms with van der Waals surface area (Å²) in [7, 11) is 5.87. The standard InChI is InChI=1S/C17H29N5O.HI/c1-18-17(22(3)13-15-9-5-12-21(15)2)20-11-6-10-19-16(23)14-7-4-8-14;/h5,9,12,14H,4,6-8,10-11,13H2,1-3H3,(H,18,20)(H,19,23);1H. The largest absolute Gasteiger partial charge is 0.356 e. The average molecular weight is 447 g/mol. The van der Waals surface area contributed by atoms with Crippen molar-refractivity contribution in [1.82, 2.24) is 20.1 Å². The predicted molar refractivity (Wildman–Crippen MR) is 109 cm³/mol. The fourth-order valence-corrected chi connectivity index (χ4v) is 2.68. The van der Waals surface area contributed by atoms with Crippen LogP contribution in [0.4, 0.5) is 0 Å². The minimum absolute atomic E-state index is 0. The van der Waals surface area contributed by atoms with E-state index in [9.17, 15) is 4.79 Å². The minimum Gasteiger partial charge on any atom is -0.356 e. The van der Waals surface area contributed by atoms with Crippen LogP contribution in [0.2, 0.25) is 0 Å². The first-order valence-corrected chi connectivity index (χ1v) is 8.41. The highest BCUT2D eigenvalue weighted by Crippen LogP contribution is 2.25. The van der Waals surface area contributed by atoms with Gasteiger partial charge in [0.25, 0.3) is 0 Å². The van der Waals surface area contributed by atoms with Crippen molar-refractivity contribution >= 4 is 35.8 Å². The van der Waals surface area contributed by atoms with Crippen molar-refractivity contribution in [3.05, 3.63) is 24.0 Å². The van der Waals surface area contributed by atoms with Crippen LogP contribution in [0, 0.1) is 5.92 Å². The van der Waals surface area contributed by atoms with Gasteiger partial charge in [0.1, 0.15) is 0 Å². The molecule has 1 fully saturated rings. The van der Waals surface area contributed by atoms with Crippen LogP contribution in [-0.2, 0) is 18.4 Å². The number of nitrogens with one attached hydrogen (secondary N) is 2. The van der Waals surface area contributed by atoms with E-state index >= 15 is 0 Å². The van der Waals surface area contributed by atoms with Gasteiger partial charge in [0.2, 0.25) is 5.91 Å². The van der Waals surface area contributed by atoms with Crippen LogP contribution in [0.3, 0.4) is 0 Å². The molecule has 0 aromatic carbocycles. The van der Waals surface area contributed by atoms with E-state index < -0.39 is 0 Å². The number of halogens is 1. The van der Waals surface area contributed by atoms with Crippen molar-refractivity contribution in [3.8, 4) is 0 Å². The van der Waals surface area contributed by atoms with E-state index in [1.54, 1.807) is 7.05 Å². The monoisotopic (exact) mass is 447 g/mol. The van der Waals surface area contributed by atoms with Gasteiger partial charge in [0.05, 0.1) is 6.54 Å². The number of rotatable bonds is 7. The van der Waals surface area contributed by atoms with E-state index in [4.69, 9.17) is 0 Å². The van der Waals surface area contributed by atoms with E-state index in [1.165, 1.54) is 12.1 Å². The van der Waals surface area contributed by atoms with Crippen LogP contribution in [0.5, 0.6) is 0 Å². The van der Waals surface area contributed by atoms with Gasteiger partial charge in [0.15, 0.2) is 5.96 Å². The molecule has 1 aromatic rings. The quantitative estimate of drug-likeness (QED) is 0.291. The lowest BCUT2D eigenvalue weighted by Crippen LogP contribution is -2.40. The molecule has 0 unspecified atom stereocenters. The molecule has 24 heavy (non-hydrogen) atoms. The van der Waals surface area contributed by atoms with Gasteiger partial charge in [-0.1, -0.05) is 6.42 Å². The second-order valence-electron chi connectivity index (χ2n) is 6.21. The summed E-state index contributed by atoms with van der Waals surface area (Å²) in [5.74, 6) is 1.37. The highest BCUT2D eigenvalue weighted by atomic mass is 127. The molecule has 2 N–H and O–H groups in total. The van der Waals surface area contributed by atoms with Gasteiger partial charge >= 0.3 is 0 Å². The van der Waals surface area contributed by atoms with Crippen molar-refractivity contribution in [2.24, 2.45) is 18.0 Å². The van der Waals surface area contributed by atoms with E-state index in [2.05, 4.69) is 31.2 Å². The Balaban J connectivity index is 0.00000288. The summed E-state index contributed by atoms with van der Waals surface area (Å²) < 4.78 is 2.11. The lowest BCUT2D eigenvalue weighted by atomic mass is 9.85. The number of carbonyl (C=O) groups excluding carboxylic acids is 1. The van der Waals surface area contributed by atoms with Crippen LogP contribution in [0.1, 0.15) is 31.4 Å². The Morgan fingerprint density at radius 3 is 2.62 bits per heavy atom. The van der Waals surface area contributed by atoms with Gasteiger partial charge in [-0.2, -0.15) is 0 Å². The molecule has 1 aromatic heterocycles. The number of aliphatic imine (C=N–C) groups is 1. The maximum Gasteiger partial charge on any atom is 0.223 e. The zero-order valence-corrected chi connectivity index (χ0v) is 17.2. The number of hydrogen-bond acceptors (Lipinski definition) is 2. The zero-order valence-electron chi connectivity index (χ0n) is 14.9. The lowest BCUT2D eigenvalue weighted by molar-refractivity contribution is -0.127. The molecular formula is C17H30IN5O. The number of aryl methyl sites for hydroxylation is 1. The summed E-state index contributed by atoms with van der Waals surface area (Å²) in [6.07, 6.45) is 6.25. The second kappa shape index (κ2) is 10.6. The Bertz CT molecular complexity index is 539. The Kier molecular flexibility index (Phi) is 9.17. The summed E-state index contributed by atoms with van der Waals surface area (Å²) >= 11 is 0. The molecule has 0 radical (unpaired) electrons. The Hall–Kier alpha value is -1.25. The molecule has 0 aliphatic heterocycles. The Morgan fingerprint density at radius 1 is 1.38 bits per heavy atom. The van der Waals surface area contributed by atoms with Crippen molar-refractivity contribution in [2.45, 2.75) is 32.2 Å². The van der Waals surface area contributed by atoms with Gasteiger partial charge < -0.3 is 20.1 Å². The molecular weight excluding hydrogens is 417 g/mol. The maximum atomic E-state index is 11.7. The van der Waals surface area contributed by atoms with Gasteiger partial charge in [0, 0.05) is 52.0 Å². The van der Waals surface area contributed by atoms with Crippen molar-refractivity contribution in [2.75, 3.05) is 27.2 Å². The fourth-order valence-electron chi connectivity index (χ4n) is 2.68. The highest BCUT2D eigenvalue weighted by Gasteiger charge is 2.24. The summed E-state index contributed by atoms with van der Waals surface area (Å²) in [4.78, 5) is 18.1. The Morgan fingerprint density at radius 2 is 2.08 bits per heavy atom. The molecule has 0 atom stereocenters. The van der Waals surface area contributed by atoms with Gasteiger partial charge in [-0.25, -0.2) is 0 Å². The van der Waals surface area contributed by atoms with Gasteiger partial charge in [-0.15, -0.1) is 24.0 Å². The molecule has 2 rings (SSSR count). The summed E-state index contributed by atoms with van der Waals surface area (Å²) in [5.41, 5.74) is 1.24. The first-order valence-electron chi connectivity index (χ1n) is 8.41. The third kappa shape index (κ3) is 5.99. The van der Waals surface area contributed by atoms with E-state index in [-0.39, 0.29) is 35.8 Å². The first kappa shape index (κ1) is 20.8. The third-order valence-electron chi connectivity index (χ3n) is 4.44. The topological polar surface area (TPSA) is 61.7 Å². The minimum atomic E-state index is 0. The molecule has 0 bridgehead atoms. The van der Waals surface area contributed by atoms with Crippen LogP contribution < -0.4 is 10.6 Å². The second-order valence-corrected chi connectivity index (χ2v) is 6.21. The van der Waals surface area contributed by atoms with Crippen molar-refractivity contribution in [3.63, 3.8) is 0 Å². The molecule has 7 heteroatoms. The molecule has 1 heterocycles. The molecule has 0 spiro atoms. The first-order chi connectivity index (χ1) is 11.1. The molecule has 1 aliphatic carbocycles. The van der Waals surface area contributed by atoms with Crippen molar-refractivity contribution in [1.29, 1.82) is 0 Å². The van der Waals surface area contributed by atoms with Crippen LogP contribution in [0.25, 0.3) is 0 Å². The van der Waals surface area contributed by atoms with Crippen LogP contribution >= 0.6 is 24.0 Å². The van der Waals surface area contributed by atoms with E-state index in [0.29, 0.717) is 0 Å².